The van der Waals surface area contributed by atoms with Crippen molar-refractivity contribution in [1.29, 1.82) is 0 Å². The Morgan fingerprint density at radius 2 is 2.06 bits per heavy atom. The molecule has 1 saturated heterocycles. The molecule has 0 amide bonds. The van der Waals surface area contributed by atoms with Crippen LogP contribution in [0.4, 0.5) is 5.82 Å². The highest BCUT2D eigenvalue weighted by Crippen LogP contribution is 2.27. The van der Waals surface area contributed by atoms with E-state index in [2.05, 4.69) is 42.9 Å². The van der Waals surface area contributed by atoms with Crippen LogP contribution in [0.5, 0.6) is 0 Å². The quantitative estimate of drug-likeness (QED) is 0.849. The molecule has 0 unspecified atom stereocenters. The van der Waals surface area contributed by atoms with Crippen LogP contribution in [0.15, 0.2) is 28.3 Å². The van der Waals surface area contributed by atoms with Crippen LogP contribution < -0.4 is 4.90 Å². The van der Waals surface area contributed by atoms with Crippen LogP contribution in [0.1, 0.15) is 12.8 Å². The van der Waals surface area contributed by atoms with E-state index in [1.165, 1.54) is 12.8 Å². The summed E-state index contributed by atoms with van der Waals surface area (Å²) >= 11 is 5.00. The number of aromatic nitrogens is 2. The van der Waals surface area contributed by atoms with Crippen molar-refractivity contribution in [3.8, 4) is 10.6 Å². The fraction of sp³-hybridized carbons (Fsp3) is 0.333. The Morgan fingerprint density at radius 3 is 2.65 bits per heavy atom. The number of thiazole rings is 1. The maximum Gasteiger partial charge on any atom is 0.128 e. The maximum absolute atomic E-state index is 4.52. The van der Waals surface area contributed by atoms with Crippen LogP contribution in [0.25, 0.3) is 10.6 Å². The van der Waals surface area contributed by atoms with Crippen LogP contribution in [-0.4, -0.2) is 23.1 Å². The Labute approximate surface area is 113 Å². The van der Waals surface area contributed by atoms with Crippen LogP contribution in [-0.2, 0) is 0 Å². The molecule has 3 nitrogen and oxygen atoms in total. The third-order valence-electron chi connectivity index (χ3n) is 2.90. The van der Waals surface area contributed by atoms with Gasteiger partial charge >= 0.3 is 0 Å². The number of nitrogens with zero attached hydrogens (tertiary/aromatic N) is 3. The molecule has 0 atom stereocenters. The largest absolute Gasteiger partial charge is 0.357 e. The van der Waals surface area contributed by atoms with E-state index in [1.807, 2.05) is 11.6 Å². The van der Waals surface area contributed by atoms with Crippen LogP contribution >= 0.6 is 27.3 Å². The minimum absolute atomic E-state index is 0.890. The van der Waals surface area contributed by atoms with E-state index in [0.717, 1.165) is 34.1 Å². The Bertz CT molecular complexity index is 503. The summed E-state index contributed by atoms with van der Waals surface area (Å²) in [4.78, 5) is 11.2. The van der Waals surface area contributed by atoms with Gasteiger partial charge in [-0.05, 0) is 40.9 Å². The van der Waals surface area contributed by atoms with Gasteiger partial charge in [-0.15, -0.1) is 11.3 Å². The van der Waals surface area contributed by atoms with E-state index in [-0.39, 0.29) is 0 Å². The third-order valence-corrected chi connectivity index (χ3v) is 4.50. The third kappa shape index (κ3) is 2.35. The molecular weight excluding hydrogens is 298 g/mol. The summed E-state index contributed by atoms with van der Waals surface area (Å²) in [6.45, 7) is 2.27. The maximum atomic E-state index is 4.52. The number of halogens is 1. The Kier molecular flexibility index (Phi) is 3.11. The van der Waals surface area contributed by atoms with Crippen LogP contribution in [0, 0.1) is 0 Å². The molecule has 0 radical (unpaired) electrons. The van der Waals surface area contributed by atoms with Gasteiger partial charge in [-0.2, -0.15) is 0 Å². The molecule has 1 aliphatic rings. The van der Waals surface area contributed by atoms with Gasteiger partial charge in [0.1, 0.15) is 15.4 Å². The van der Waals surface area contributed by atoms with E-state index in [1.54, 1.807) is 11.3 Å². The Balaban J connectivity index is 1.84. The predicted molar refractivity (Wildman–Crippen MR) is 74.5 cm³/mol. The van der Waals surface area contributed by atoms with Gasteiger partial charge < -0.3 is 4.90 Å². The zero-order valence-corrected chi connectivity index (χ0v) is 11.7. The summed E-state index contributed by atoms with van der Waals surface area (Å²) in [5.41, 5.74) is 1.09. The minimum atomic E-state index is 0.890. The molecule has 0 aromatic carbocycles. The zero-order chi connectivity index (χ0) is 11.7. The summed E-state index contributed by atoms with van der Waals surface area (Å²) in [6.07, 6.45) is 4.48. The van der Waals surface area contributed by atoms with Gasteiger partial charge in [-0.25, -0.2) is 9.97 Å². The number of hydrogen-bond donors (Lipinski definition) is 0. The highest BCUT2D eigenvalue weighted by Gasteiger charge is 2.13. The molecular formula is C12H12BrN3S. The molecule has 1 fully saturated rings. The standard InChI is InChI=1S/C12H12BrN3S/c13-10-8-17-12(15-10)9-3-4-11(14-7-9)16-5-1-2-6-16/h3-4,7-8H,1-2,5-6H2. The SMILES string of the molecule is Brc1csc(-c2ccc(N3CCCC3)nc2)n1. The van der Waals surface area contributed by atoms with E-state index in [4.69, 9.17) is 0 Å². The number of anilines is 1. The molecule has 2 aromatic rings. The first-order chi connectivity index (χ1) is 8.33. The summed E-state index contributed by atoms with van der Waals surface area (Å²) < 4.78 is 0.890. The van der Waals surface area contributed by atoms with E-state index >= 15 is 0 Å². The van der Waals surface area contributed by atoms with Crippen molar-refractivity contribution in [3.63, 3.8) is 0 Å². The molecule has 0 aliphatic carbocycles. The van der Waals surface area contributed by atoms with Gasteiger partial charge in [0.05, 0.1) is 0 Å². The molecule has 1 aliphatic heterocycles. The summed E-state index contributed by atoms with van der Waals surface area (Å²) in [7, 11) is 0. The normalized spacial score (nSPS) is 15.5. The Morgan fingerprint density at radius 1 is 1.24 bits per heavy atom. The molecule has 3 rings (SSSR count). The van der Waals surface area contributed by atoms with Gasteiger partial charge in [0, 0.05) is 30.2 Å². The zero-order valence-electron chi connectivity index (χ0n) is 9.27. The van der Waals surface area contributed by atoms with Crippen LogP contribution in [0.2, 0.25) is 0 Å². The molecule has 5 heteroatoms. The molecule has 0 N–H and O–H groups in total. The van der Waals surface area contributed by atoms with Crippen molar-refractivity contribution in [1.82, 2.24) is 9.97 Å². The molecule has 2 aromatic heterocycles. The highest BCUT2D eigenvalue weighted by molar-refractivity contribution is 9.10. The van der Waals surface area contributed by atoms with Gasteiger partial charge in [-0.1, -0.05) is 0 Å². The lowest BCUT2D eigenvalue weighted by Gasteiger charge is -2.15. The second-order valence-electron chi connectivity index (χ2n) is 4.07. The van der Waals surface area contributed by atoms with E-state index in [9.17, 15) is 0 Å². The van der Waals surface area contributed by atoms with E-state index in [0.29, 0.717) is 0 Å². The Hall–Kier alpha value is -0.940. The first-order valence-corrected chi connectivity index (χ1v) is 7.32. The first-order valence-electron chi connectivity index (χ1n) is 5.65. The van der Waals surface area contributed by atoms with Crippen molar-refractivity contribution in [2.75, 3.05) is 18.0 Å². The lowest BCUT2D eigenvalue weighted by molar-refractivity contribution is 0.938. The average Bonchev–Trinajstić information content (AvgIpc) is 3.00. The van der Waals surface area contributed by atoms with Crippen molar-refractivity contribution in [3.05, 3.63) is 28.3 Å². The number of pyridine rings is 1. The molecule has 0 spiro atoms. The van der Waals surface area contributed by atoms with Gasteiger partial charge in [-0.3, -0.25) is 0 Å². The second kappa shape index (κ2) is 4.74. The molecule has 3 heterocycles. The number of rotatable bonds is 2. The van der Waals surface area contributed by atoms with Crippen molar-refractivity contribution in [2.45, 2.75) is 12.8 Å². The van der Waals surface area contributed by atoms with Crippen molar-refractivity contribution in [2.24, 2.45) is 0 Å². The molecule has 88 valence electrons. The second-order valence-corrected chi connectivity index (χ2v) is 5.75. The minimum Gasteiger partial charge on any atom is -0.357 e. The fourth-order valence-corrected chi connectivity index (χ4v) is 3.28. The lowest BCUT2D eigenvalue weighted by Crippen LogP contribution is -2.18. The monoisotopic (exact) mass is 309 g/mol. The summed E-state index contributed by atoms with van der Waals surface area (Å²) in [6, 6.07) is 4.20. The number of hydrogen-bond acceptors (Lipinski definition) is 4. The average molecular weight is 310 g/mol. The lowest BCUT2D eigenvalue weighted by atomic mass is 10.3. The smallest absolute Gasteiger partial charge is 0.128 e. The van der Waals surface area contributed by atoms with E-state index < -0.39 is 0 Å². The van der Waals surface area contributed by atoms with Gasteiger partial charge in [0.15, 0.2) is 0 Å². The highest BCUT2D eigenvalue weighted by atomic mass is 79.9. The van der Waals surface area contributed by atoms with Crippen molar-refractivity contribution >= 4 is 33.1 Å². The predicted octanol–water partition coefficient (Wildman–Crippen LogP) is 3.57. The summed E-state index contributed by atoms with van der Waals surface area (Å²) in [5, 5.41) is 3.00. The molecule has 0 bridgehead atoms. The molecule has 0 saturated carbocycles. The van der Waals surface area contributed by atoms with Gasteiger partial charge in [0.25, 0.3) is 0 Å². The topological polar surface area (TPSA) is 29.0 Å². The molecule has 17 heavy (non-hydrogen) atoms. The first kappa shape index (κ1) is 11.2. The summed E-state index contributed by atoms with van der Waals surface area (Å²) in [5.74, 6) is 1.09. The van der Waals surface area contributed by atoms with Crippen molar-refractivity contribution < 1.29 is 0 Å². The van der Waals surface area contributed by atoms with Gasteiger partial charge in [0.2, 0.25) is 0 Å². The fourth-order valence-electron chi connectivity index (χ4n) is 2.03. The van der Waals surface area contributed by atoms with Crippen LogP contribution in [0.3, 0.4) is 0 Å².